The molecule has 0 aromatic heterocycles. The summed E-state index contributed by atoms with van der Waals surface area (Å²) < 4.78 is 0. The first-order valence-corrected chi connectivity index (χ1v) is 5.66. The summed E-state index contributed by atoms with van der Waals surface area (Å²) in [5.74, 6) is 0.679. The number of hydrogen-bond donors (Lipinski definition) is 1. The van der Waals surface area contributed by atoms with E-state index in [0.717, 1.165) is 0 Å². The van der Waals surface area contributed by atoms with Gasteiger partial charge in [0, 0.05) is 6.04 Å². The molecule has 14 heavy (non-hydrogen) atoms. The first-order valence-electron chi connectivity index (χ1n) is 5.66. The molecular formula is C13H19N. The van der Waals surface area contributed by atoms with Gasteiger partial charge in [0.2, 0.25) is 0 Å². The standard InChI is InChI=1S/C13H19N/c1-2-10-7-5-8-11-6-3-4-9-12(11)13(10)14/h3-4,6,9-10,13H,2,5,7-8,14H2,1H3. The average molecular weight is 189 g/mol. The van der Waals surface area contributed by atoms with E-state index in [0.29, 0.717) is 5.92 Å². The van der Waals surface area contributed by atoms with Crippen LogP contribution in [0, 0.1) is 5.92 Å². The van der Waals surface area contributed by atoms with Gasteiger partial charge < -0.3 is 5.73 Å². The largest absolute Gasteiger partial charge is 0.324 e. The van der Waals surface area contributed by atoms with E-state index in [1.54, 1.807) is 0 Å². The van der Waals surface area contributed by atoms with Gasteiger partial charge in [-0.3, -0.25) is 0 Å². The van der Waals surface area contributed by atoms with Crippen molar-refractivity contribution in [2.45, 2.75) is 38.6 Å². The smallest absolute Gasteiger partial charge is 0.0326 e. The van der Waals surface area contributed by atoms with E-state index in [-0.39, 0.29) is 6.04 Å². The van der Waals surface area contributed by atoms with Crippen LogP contribution in [0.25, 0.3) is 0 Å². The third-order valence-corrected chi connectivity index (χ3v) is 3.47. The molecule has 0 heterocycles. The van der Waals surface area contributed by atoms with Gasteiger partial charge in [-0.1, -0.05) is 37.6 Å². The number of hydrogen-bond acceptors (Lipinski definition) is 1. The summed E-state index contributed by atoms with van der Waals surface area (Å²) in [6.45, 7) is 2.25. The van der Waals surface area contributed by atoms with Crippen LogP contribution < -0.4 is 5.73 Å². The molecule has 1 aliphatic carbocycles. The van der Waals surface area contributed by atoms with Gasteiger partial charge in [-0.25, -0.2) is 0 Å². The topological polar surface area (TPSA) is 26.0 Å². The Morgan fingerprint density at radius 1 is 1.36 bits per heavy atom. The fourth-order valence-corrected chi connectivity index (χ4v) is 2.53. The molecule has 2 atom stereocenters. The number of aryl methyl sites for hydroxylation is 1. The predicted octanol–water partition coefficient (Wildman–Crippen LogP) is 3.05. The number of fused-ring (bicyclic) bond motifs is 1. The summed E-state index contributed by atoms with van der Waals surface area (Å²) in [6.07, 6.45) is 4.99. The lowest BCUT2D eigenvalue weighted by Gasteiger charge is -2.21. The molecule has 1 heteroatoms. The van der Waals surface area contributed by atoms with Crippen LogP contribution in [-0.2, 0) is 6.42 Å². The fraction of sp³-hybridized carbons (Fsp3) is 0.538. The van der Waals surface area contributed by atoms with Gasteiger partial charge in [0.1, 0.15) is 0 Å². The van der Waals surface area contributed by atoms with Crippen molar-refractivity contribution in [1.82, 2.24) is 0 Å². The van der Waals surface area contributed by atoms with Crippen LogP contribution in [0.5, 0.6) is 0 Å². The summed E-state index contributed by atoms with van der Waals surface area (Å²) >= 11 is 0. The van der Waals surface area contributed by atoms with Crippen LogP contribution >= 0.6 is 0 Å². The highest BCUT2D eigenvalue weighted by molar-refractivity contribution is 5.31. The minimum absolute atomic E-state index is 0.263. The maximum atomic E-state index is 6.30. The van der Waals surface area contributed by atoms with Crippen molar-refractivity contribution in [3.63, 3.8) is 0 Å². The first kappa shape index (κ1) is 9.72. The van der Waals surface area contributed by atoms with E-state index in [4.69, 9.17) is 5.73 Å². The molecule has 1 aromatic rings. The Hall–Kier alpha value is -0.820. The van der Waals surface area contributed by atoms with Crippen molar-refractivity contribution in [2.75, 3.05) is 0 Å². The zero-order valence-corrected chi connectivity index (χ0v) is 8.87. The molecule has 0 bridgehead atoms. The summed E-state index contributed by atoms with van der Waals surface area (Å²) in [6, 6.07) is 8.93. The Balaban J connectivity index is 2.34. The Morgan fingerprint density at radius 2 is 2.14 bits per heavy atom. The second kappa shape index (κ2) is 4.14. The summed E-state index contributed by atoms with van der Waals surface area (Å²) in [4.78, 5) is 0. The second-order valence-electron chi connectivity index (χ2n) is 4.29. The van der Waals surface area contributed by atoms with Crippen molar-refractivity contribution >= 4 is 0 Å². The molecule has 2 rings (SSSR count). The number of rotatable bonds is 1. The Morgan fingerprint density at radius 3 is 2.93 bits per heavy atom. The molecule has 2 unspecified atom stereocenters. The molecule has 1 nitrogen and oxygen atoms in total. The first-order chi connectivity index (χ1) is 6.83. The zero-order chi connectivity index (χ0) is 9.97. The molecule has 2 N–H and O–H groups in total. The van der Waals surface area contributed by atoms with Crippen molar-refractivity contribution in [3.8, 4) is 0 Å². The molecule has 0 aliphatic heterocycles. The molecule has 0 amide bonds. The fourth-order valence-electron chi connectivity index (χ4n) is 2.53. The molecular weight excluding hydrogens is 170 g/mol. The van der Waals surface area contributed by atoms with Crippen molar-refractivity contribution in [3.05, 3.63) is 35.4 Å². The zero-order valence-electron chi connectivity index (χ0n) is 8.87. The minimum atomic E-state index is 0.263. The van der Waals surface area contributed by atoms with E-state index >= 15 is 0 Å². The molecule has 0 radical (unpaired) electrons. The number of benzene rings is 1. The third kappa shape index (κ3) is 1.69. The van der Waals surface area contributed by atoms with E-state index in [1.807, 2.05) is 0 Å². The lowest BCUT2D eigenvalue weighted by atomic mass is 9.90. The van der Waals surface area contributed by atoms with E-state index < -0.39 is 0 Å². The quantitative estimate of drug-likeness (QED) is 0.675. The highest BCUT2D eigenvalue weighted by atomic mass is 14.7. The molecule has 0 saturated carbocycles. The lowest BCUT2D eigenvalue weighted by molar-refractivity contribution is 0.392. The van der Waals surface area contributed by atoms with Crippen molar-refractivity contribution in [1.29, 1.82) is 0 Å². The van der Waals surface area contributed by atoms with Crippen LogP contribution in [0.4, 0.5) is 0 Å². The minimum Gasteiger partial charge on any atom is -0.324 e. The maximum Gasteiger partial charge on any atom is 0.0326 e. The van der Waals surface area contributed by atoms with E-state index in [2.05, 4.69) is 31.2 Å². The number of nitrogens with two attached hydrogens (primary N) is 1. The van der Waals surface area contributed by atoms with Crippen molar-refractivity contribution < 1.29 is 0 Å². The molecule has 1 aromatic carbocycles. The Kier molecular flexibility index (Phi) is 2.87. The normalized spacial score (nSPS) is 26.7. The summed E-state index contributed by atoms with van der Waals surface area (Å²) in [5.41, 5.74) is 9.16. The summed E-state index contributed by atoms with van der Waals surface area (Å²) in [5, 5.41) is 0. The predicted molar refractivity (Wildman–Crippen MR) is 60.1 cm³/mol. The van der Waals surface area contributed by atoms with Crippen LogP contribution in [0.15, 0.2) is 24.3 Å². The van der Waals surface area contributed by atoms with E-state index in [9.17, 15) is 0 Å². The average Bonchev–Trinajstić information content (AvgIpc) is 2.39. The molecule has 0 saturated heterocycles. The van der Waals surface area contributed by atoms with Gasteiger partial charge in [-0.15, -0.1) is 0 Å². The van der Waals surface area contributed by atoms with Gasteiger partial charge in [0.05, 0.1) is 0 Å². The Labute approximate surface area is 86.3 Å². The molecule has 0 fully saturated rings. The van der Waals surface area contributed by atoms with Gasteiger partial charge in [-0.05, 0) is 36.3 Å². The Bertz CT molecular complexity index is 306. The van der Waals surface area contributed by atoms with Crippen LogP contribution in [0.3, 0.4) is 0 Å². The van der Waals surface area contributed by atoms with Gasteiger partial charge >= 0.3 is 0 Å². The summed E-state index contributed by atoms with van der Waals surface area (Å²) in [7, 11) is 0. The van der Waals surface area contributed by atoms with Crippen LogP contribution in [0.2, 0.25) is 0 Å². The monoisotopic (exact) mass is 189 g/mol. The van der Waals surface area contributed by atoms with Crippen LogP contribution in [-0.4, -0.2) is 0 Å². The van der Waals surface area contributed by atoms with Crippen molar-refractivity contribution in [2.24, 2.45) is 11.7 Å². The van der Waals surface area contributed by atoms with Gasteiger partial charge in [0.15, 0.2) is 0 Å². The van der Waals surface area contributed by atoms with Gasteiger partial charge in [0.25, 0.3) is 0 Å². The molecule has 76 valence electrons. The lowest BCUT2D eigenvalue weighted by Crippen LogP contribution is -2.20. The highest BCUT2D eigenvalue weighted by Gasteiger charge is 2.22. The molecule has 1 aliphatic rings. The maximum absolute atomic E-state index is 6.30. The highest BCUT2D eigenvalue weighted by Crippen LogP contribution is 2.32. The SMILES string of the molecule is CCC1CCCc2ccccc2C1N. The molecule has 0 spiro atoms. The van der Waals surface area contributed by atoms with Gasteiger partial charge in [-0.2, -0.15) is 0 Å². The van der Waals surface area contributed by atoms with E-state index in [1.165, 1.54) is 36.8 Å². The third-order valence-electron chi connectivity index (χ3n) is 3.47. The van der Waals surface area contributed by atoms with Crippen LogP contribution in [0.1, 0.15) is 43.4 Å². The second-order valence-corrected chi connectivity index (χ2v) is 4.29.